The molecule has 5 heteroatoms. The molecule has 1 unspecified atom stereocenters. The highest BCUT2D eigenvalue weighted by Gasteiger charge is 2.17. The van der Waals surface area contributed by atoms with E-state index in [9.17, 15) is 9.90 Å². The highest BCUT2D eigenvalue weighted by Crippen LogP contribution is 2.29. The minimum atomic E-state index is -0.933. The summed E-state index contributed by atoms with van der Waals surface area (Å²) < 4.78 is 6.85. The molecule has 0 aliphatic rings. The van der Waals surface area contributed by atoms with Crippen LogP contribution < -0.4 is 4.74 Å². The van der Waals surface area contributed by atoms with E-state index in [1.807, 2.05) is 38.1 Å². The monoisotopic (exact) mass is 544 g/mol. The van der Waals surface area contributed by atoms with Gasteiger partial charge in [0.05, 0.1) is 0 Å². The lowest BCUT2D eigenvalue weighted by atomic mass is 10.0. The van der Waals surface area contributed by atoms with Gasteiger partial charge < -0.3 is 9.84 Å². The molecule has 3 aromatic carbocycles. The standard InChI is InChI=1S/C26H25IO3S/c1-3-24(26(28)29)30-25-14-13-22(17-18(25)2)31-16-15-23(27)21-11-9-20(10-12-21)19-7-5-4-6-8-19/h4-15,17,24H,3,16H2,1-2H3,(H,28,29)/b23-15-. The maximum absolute atomic E-state index is 11.2. The smallest absolute Gasteiger partial charge is 0.344 e. The van der Waals surface area contributed by atoms with E-state index in [-0.39, 0.29) is 0 Å². The third kappa shape index (κ3) is 6.61. The molecule has 0 heterocycles. The Balaban J connectivity index is 1.59. The van der Waals surface area contributed by atoms with Gasteiger partial charge in [-0.1, -0.05) is 67.6 Å². The Morgan fingerprint density at radius 1 is 1.06 bits per heavy atom. The van der Waals surface area contributed by atoms with Crippen LogP contribution in [0.3, 0.4) is 0 Å². The lowest BCUT2D eigenvalue weighted by Gasteiger charge is -2.15. The molecular weight excluding hydrogens is 519 g/mol. The second-order valence-electron chi connectivity index (χ2n) is 7.09. The lowest BCUT2D eigenvalue weighted by molar-refractivity contribution is -0.145. The van der Waals surface area contributed by atoms with Crippen molar-refractivity contribution in [1.29, 1.82) is 0 Å². The molecule has 0 radical (unpaired) electrons. The number of halogens is 1. The van der Waals surface area contributed by atoms with Gasteiger partial charge in [0.25, 0.3) is 0 Å². The Kier molecular flexibility index (Phi) is 8.60. The Morgan fingerprint density at radius 2 is 1.74 bits per heavy atom. The van der Waals surface area contributed by atoms with Gasteiger partial charge in [-0.15, -0.1) is 11.8 Å². The van der Waals surface area contributed by atoms with Crippen LogP contribution in [0.15, 0.2) is 83.8 Å². The highest BCUT2D eigenvalue weighted by molar-refractivity contribution is 14.1. The fourth-order valence-electron chi connectivity index (χ4n) is 3.09. The van der Waals surface area contributed by atoms with Gasteiger partial charge >= 0.3 is 5.97 Å². The van der Waals surface area contributed by atoms with Crippen molar-refractivity contribution in [2.75, 3.05) is 5.75 Å². The second-order valence-corrected chi connectivity index (χ2v) is 9.34. The van der Waals surface area contributed by atoms with Gasteiger partial charge in [-0.05, 0) is 76.4 Å². The number of hydrogen-bond donors (Lipinski definition) is 1. The van der Waals surface area contributed by atoms with Crippen LogP contribution in [0.1, 0.15) is 24.5 Å². The molecule has 0 fully saturated rings. The third-order valence-corrected chi connectivity index (χ3v) is 6.83. The number of thioether (sulfide) groups is 1. The van der Waals surface area contributed by atoms with Crippen molar-refractivity contribution >= 4 is 43.9 Å². The molecule has 160 valence electrons. The summed E-state index contributed by atoms with van der Waals surface area (Å²) in [6, 6.07) is 24.9. The van der Waals surface area contributed by atoms with E-state index in [0.717, 1.165) is 16.2 Å². The fourth-order valence-corrected chi connectivity index (χ4v) is 4.83. The minimum Gasteiger partial charge on any atom is -0.479 e. The number of aryl methyl sites for hydroxylation is 1. The summed E-state index contributed by atoms with van der Waals surface area (Å²) in [4.78, 5) is 12.3. The molecule has 3 rings (SSSR count). The van der Waals surface area contributed by atoms with Crippen LogP contribution in [0.2, 0.25) is 0 Å². The zero-order valence-corrected chi connectivity index (χ0v) is 20.5. The predicted molar refractivity (Wildman–Crippen MR) is 138 cm³/mol. The van der Waals surface area contributed by atoms with Gasteiger partial charge in [0.15, 0.2) is 6.10 Å². The summed E-state index contributed by atoms with van der Waals surface area (Å²) in [5.74, 6) is 0.546. The van der Waals surface area contributed by atoms with E-state index in [0.29, 0.717) is 12.2 Å². The van der Waals surface area contributed by atoms with Crippen molar-refractivity contribution in [1.82, 2.24) is 0 Å². The summed E-state index contributed by atoms with van der Waals surface area (Å²) in [6.07, 6.45) is 1.84. The van der Waals surface area contributed by atoms with Crippen molar-refractivity contribution in [3.63, 3.8) is 0 Å². The van der Waals surface area contributed by atoms with Crippen LogP contribution >= 0.6 is 34.4 Å². The SMILES string of the molecule is CCC(Oc1ccc(SC/C=C(\I)c2ccc(-c3ccccc3)cc2)cc1C)C(=O)O. The molecule has 0 aliphatic heterocycles. The topological polar surface area (TPSA) is 46.5 Å². The number of carboxylic acids is 1. The first-order valence-corrected chi connectivity index (χ1v) is 12.2. The molecule has 0 spiro atoms. The van der Waals surface area contributed by atoms with E-state index in [2.05, 4.69) is 77.2 Å². The maximum Gasteiger partial charge on any atom is 0.344 e. The van der Waals surface area contributed by atoms with Crippen LogP contribution in [0.4, 0.5) is 0 Å². The molecular formula is C26H25IO3S. The average molecular weight is 544 g/mol. The lowest BCUT2D eigenvalue weighted by Crippen LogP contribution is -2.26. The summed E-state index contributed by atoms with van der Waals surface area (Å²) in [5.41, 5.74) is 4.59. The van der Waals surface area contributed by atoms with Gasteiger partial charge in [-0.2, -0.15) is 0 Å². The number of benzene rings is 3. The number of hydrogen-bond acceptors (Lipinski definition) is 3. The number of carboxylic acid groups (broad SMARTS) is 1. The van der Waals surface area contributed by atoms with Gasteiger partial charge in [-0.25, -0.2) is 4.79 Å². The normalized spacial score (nSPS) is 12.4. The molecule has 3 aromatic rings. The Bertz CT molecular complexity index is 1050. The third-order valence-electron chi connectivity index (χ3n) is 4.84. The number of carbonyl (C=O) groups is 1. The van der Waals surface area contributed by atoms with Crippen LogP contribution in [0.25, 0.3) is 14.7 Å². The molecule has 0 saturated carbocycles. The van der Waals surface area contributed by atoms with Gasteiger partial charge in [0, 0.05) is 14.2 Å². The van der Waals surface area contributed by atoms with E-state index in [1.54, 1.807) is 11.8 Å². The van der Waals surface area contributed by atoms with Crippen LogP contribution in [-0.4, -0.2) is 22.9 Å². The molecule has 31 heavy (non-hydrogen) atoms. The first kappa shape index (κ1) is 23.4. The van der Waals surface area contributed by atoms with E-state index in [1.165, 1.54) is 20.3 Å². The number of aliphatic carboxylic acids is 1. The fraction of sp³-hybridized carbons (Fsp3) is 0.192. The van der Waals surface area contributed by atoms with Crippen molar-refractivity contribution in [3.8, 4) is 16.9 Å². The van der Waals surface area contributed by atoms with Crippen LogP contribution in [0, 0.1) is 6.92 Å². The van der Waals surface area contributed by atoms with Crippen molar-refractivity contribution in [3.05, 3.63) is 90.0 Å². The maximum atomic E-state index is 11.2. The zero-order valence-electron chi connectivity index (χ0n) is 17.5. The van der Waals surface area contributed by atoms with Gasteiger partial charge in [0.2, 0.25) is 0 Å². The van der Waals surface area contributed by atoms with Gasteiger partial charge in [0.1, 0.15) is 5.75 Å². The first-order chi connectivity index (χ1) is 15.0. The van der Waals surface area contributed by atoms with E-state index < -0.39 is 12.1 Å². The number of rotatable bonds is 9. The van der Waals surface area contributed by atoms with Crippen molar-refractivity contribution < 1.29 is 14.6 Å². The van der Waals surface area contributed by atoms with Crippen molar-refractivity contribution in [2.45, 2.75) is 31.3 Å². The second kappa shape index (κ2) is 11.4. The summed E-state index contributed by atoms with van der Waals surface area (Å²) in [7, 11) is 0. The van der Waals surface area contributed by atoms with Crippen LogP contribution in [0.5, 0.6) is 5.75 Å². The molecule has 0 saturated heterocycles. The highest BCUT2D eigenvalue weighted by atomic mass is 127. The molecule has 0 aliphatic carbocycles. The van der Waals surface area contributed by atoms with Gasteiger partial charge in [-0.3, -0.25) is 0 Å². The average Bonchev–Trinajstić information content (AvgIpc) is 2.79. The molecule has 3 nitrogen and oxygen atoms in total. The summed E-state index contributed by atoms with van der Waals surface area (Å²) >= 11 is 4.13. The first-order valence-electron chi connectivity index (χ1n) is 10.1. The van der Waals surface area contributed by atoms with Crippen LogP contribution in [-0.2, 0) is 4.79 Å². The molecule has 0 amide bonds. The minimum absolute atomic E-state index is 0.431. The molecule has 0 aromatic heterocycles. The van der Waals surface area contributed by atoms with E-state index >= 15 is 0 Å². The number of ether oxygens (including phenoxy) is 1. The quantitative estimate of drug-likeness (QED) is 0.224. The Hall–Kier alpha value is -2.25. The Morgan fingerprint density at radius 3 is 2.35 bits per heavy atom. The predicted octanol–water partition coefficient (Wildman–Crippen LogP) is 7.47. The zero-order chi connectivity index (χ0) is 22.2. The van der Waals surface area contributed by atoms with Crippen molar-refractivity contribution in [2.24, 2.45) is 0 Å². The summed E-state index contributed by atoms with van der Waals surface area (Å²) in [5, 5.41) is 9.18. The van der Waals surface area contributed by atoms with E-state index in [4.69, 9.17) is 4.74 Å². The molecule has 0 bridgehead atoms. The molecule has 1 atom stereocenters. The largest absolute Gasteiger partial charge is 0.479 e. The Labute approximate surface area is 201 Å². The summed E-state index contributed by atoms with van der Waals surface area (Å²) in [6.45, 7) is 3.75. The molecule has 1 N–H and O–H groups in total.